The Morgan fingerprint density at radius 1 is 1.22 bits per heavy atom. The molecule has 1 heterocycles. The number of carbonyl (C=O) groups excluding carboxylic acids is 2. The average molecular weight is 314 g/mol. The Balaban J connectivity index is 1.67. The second-order valence-electron chi connectivity index (χ2n) is 7.27. The lowest BCUT2D eigenvalue weighted by atomic mass is 9.76. The van der Waals surface area contributed by atoms with Gasteiger partial charge in [0.2, 0.25) is 11.8 Å². The number of carbonyl (C=O) groups is 2. The van der Waals surface area contributed by atoms with E-state index in [1.54, 1.807) is 4.90 Å². The van der Waals surface area contributed by atoms with Gasteiger partial charge in [-0.05, 0) is 24.8 Å². The van der Waals surface area contributed by atoms with Crippen molar-refractivity contribution in [3.8, 4) is 0 Å². The van der Waals surface area contributed by atoms with Crippen molar-refractivity contribution in [3.05, 3.63) is 35.9 Å². The van der Waals surface area contributed by atoms with Crippen LogP contribution in [0.1, 0.15) is 31.2 Å². The predicted octanol–water partition coefficient (Wildman–Crippen LogP) is 2.34. The first-order chi connectivity index (χ1) is 11.0. The lowest BCUT2D eigenvalue weighted by Gasteiger charge is -2.32. The molecule has 1 aromatic carbocycles. The fourth-order valence-corrected chi connectivity index (χ4v) is 4.32. The molecule has 1 aliphatic heterocycles. The zero-order valence-corrected chi connectivity index (χ0v) is 14.1. The molecule has 2 atom stereocenters. The minimum absolute atomic E-state index is 0.0215. The molecule has 1 saturated carbocycles. The van der Waals surface area contributed by atoms with Crippen molar-refractivity contribution in [2.24, 2.45) is 11.3 Å². The number of likely N-dealkylation sites (tertiary alicyclic amines) is 1. The Morgan fingerprint density at radius 3 is 2.65 bits per heavy atom. The minimum atomic E-state index is 0.0215. The summed E-state index contributed by atoms with van der Waals surface area (Å²) in [4.78, 5) is 28.8. The highest BCUT2D eigenvalue weighted by atomic mass is 16.2. The largest absolute Gasteiger partial charge is 0.349 e. The van der Waals surface area contributed by atoms with E-state index in [9.17, 15) is 9.59 Å². The maximum Gasteiger partial charge on any atom is 0.227 e. The molecule has 1 aromatic rings. The minimum Gasteiger partial charge on any atom is -0.349 e. The Labute approximate surface area is 138 Å². The van der Waals surface area contributed by atoms with Gasteiger partial charge >= 0.3 is 0 Å². The highest BCUT2D eigenvalue weighted by Crippen LogP contribution is 2.50. The van der Waals surface area contributed by atoms with E-state index < -0.39 is 0 Å². The Kier molecular flexibility index (Phi) is 4.42. The Bertz CT molecular complexity index is 584. The van der Waals surface area contributed by atoms with Gasteiger partial charge in [0.1, 0.15) is 0 Å². The maximum atomic E-state index is 12.6. The molecule has 2 fully saturated rings. The fourth-order valence-electron chi connectivity index (χ4n) is 4.32. The van der Waals surface area contributed by atoms with Gasteiger partial charge in [-0.3, -0.25) is 9.59 Å². The van der Waals surface area contributed by atoms with Gasteiger partial charge in [0.05, 0.1) is 6.42 Å². The van der Waals surface area contributed by atoms with Crippen molar-refractivity contribution < 1.29 is 9.59 Å². The number of hydrogen-bond acceptors (Lipinski definition) is 2. The molecule has 0 unspecified atom stereocenters. The molecule has 0 aromatic heterocycles. The lowest BCUT2D eigenvalue weighted by Crippen LogP contribution is -2.41. The first-order valence-electron chi connectivity index (χ1n) is 8.55. The van der Waals surface area contributed by atoms with Crippen LogP contribution in [0.4, 0.5) is 0 Å². The van der Waals surface area contributed by atoms with Crippen LogP contribution in [-0.4, -0.2) is 48.8 Å². The van der Waals surface area contributed by atoms with Crippen molar-refractivity contribution in [2.45, 2.75) is 32.1 Å². The summed E-state index contributed by atoms with van der Waals surface area (Å²) in [5.41, 5.74) is 1.08. The molecule has 1 spiro atoms. The molecule has 1 saturated heterocycles. The van der Waals surface area contributed by atoms with Crippen LogP contribution in [0, 0.1) is 11.3 Å². The van der Waals surface area contributed by atoms with Gasteiger partial charge in [0.25, 0.3) is 0 Å². The third-order valence-corrected chi connectivity index (χ3v) is 5.58. The van der Waals surface area contributed by atoms with E-state index in [1.165, 1.54) is 0 Å². The molecule has 124 valence electrons. The van der Waals surface area contributed by atoms with Crippen molar-refractivity contribution in [2.75, 3.05) is 27.2 Å². The van der Waals surface area contributed by atoms with E-state index in [1.807, 2.05) is 49.3 Å². The molecule has 0 bridgehead atoms. The van der Waals surface area contributed by atoms with E-state index in [0.29, 0.717) is 6.42 Å². The molecule has 0 N–H and O–H groups in total. The van der Waals surface area contributed by atoms with E-state index >= 15 is 0 Å². The zero-order valence-electron chi connectivity index (χ0n) is 14.1. The number of rotatable bonds is 3. The van der Waals surface area contributed by atoms with Crippen LogP contribution in [-0.2, 0) is 16.0 Å². The molecule has 2 amide bonds. The first-order valence-corrected chi connectivity index (χ1v) is 8.55. The summed E-state index contributed by atoms with van der Waals surface area (Å²) in [6, 6.07) is 9.90. The molecule has 1 aliphatic carbocycles. The fraction of sp³-hybridized carbons (Fsp3) is 0.579. The monoisotopic (exact) mass is 314 g/mol. The second kappa shape index (κ2) is 6.34. The molecule has 3 rings (SSSR count). The van der Waals surface area contributed by atoms with E-state index in [-0.39, 0.29) is 23.1 Å². The van der Waals surface area contributed by atoms with Gasteiger partial charge < -0.3 is 9.80 Å². The van der Waals surface area contributed by atoms with E-state index in [4.69, 9.17) is 0 Å². The number of benzene rings is 1. The van der Waals surface area contributed by atoms with Crippen LogP contribution in [0.5, 0.6) is 0 Å². The van der Waals surface area contributed by atoms with Gasteiger partial charge in [0.15, 0.2) is 0 Å². The quantitative estimate of drug-likeness (QED) is 0.859. The smallest absolute Gasteiger partial charge is 0.227 e. The standard InChI is InChI=1S/C19H26N2O2/c1-20(2)18(23)16-9-6-10-19(16)11-12-21(14-19)17(22)13-15-7-4-3-5-8-15/h3-5,7-8,16H,6,9-14H2,1-2H3/t16-,19-/m1/s1. The summed E-state index contributed by atoms with van der Waals surface area (Å²) in [5.74, 6) is 0.517. The highest BCUT2D eigenvalue weighted by molar-refractivity contribution is 5.81. The van der Waals surface area contributed by atoms with E-state index in [2.05, 4.69) is 0 Å². The average Bonchev–Trinajstić information content (AvgIpc) is 3.15. The van der Waals surface area contributed by atoms with Crippen molar-refractivity contribution in [1.82, 2.24) is 9.80 Å². The normalized spacial score (nSPS) is 26.7. The van der Waals surface area contributed by atoms with Crippen LogP contribution in [0.2, 0.25) is 0 Å². The topological polar surface area (TPSA) is 40.6 Å². The Hall–Kier alpha value is -1.84. The van der Waals surface area contributed by atoms with Crippen molar-refractivity contribution >= 4 is 11.8 Å². The third kappa shape index (κ3) is 3.12. The number of amides is 2. The highest BCUT2D eigenvalue weighted by Gasteiger charge is 2.51. The molecule has 23 heavy (non-hydrogen) atoms. The van der Waals surface area contributed by atoms with Crippen LogP contribution in [0.3, 0.4) is 0 Å². The summed E-state index contributed by atoms with van der Waals surface area (Å²) in [5, 5.41) is 0. The molecule has 2 aliphatic rings. The summed E-state index contributed by atoms with van der Waals surface area (Å²) < 4.78 is 0. The molecular weight excluding hydrogens is 288 g/mol. The van der Waals surface area contributed by atoms with Crippen LogP contribution in [0.25, 0.3) is 0 Å². The number of hydrogen-bond donors (Lipinski definition) is 0. The van der Waals surface area contributed by atoms with Crippen LogP contribution < -0.4 is 0 Å². The molecule has 0 radical (unpaired) electrons. The van der Waals surface area contributed by atoms with E-state index in [0.717, 1.165) is 44.3 Å². The second-order valence-corrected chi connectivity index (χ2v) is 7.27. The number of nitrogens with zero attached hydrogens (tertiary/aromatic N) is 2. The first kappa shape index (κ1) is 16.0. The summed E-state index contributed by atoms with van der Waals surface area (Å²) in [6.45, 7) is 1.55. The van der Waals surface area contributed by atoms with Crippen molar-refractivity contribution in [3.63, 3.8) is 0 Å². The van der Waals surface area contributed by atoms with Crippen molar-refractivity contribution in [1.29, 1.82) is 0 Å². The maximum absolute atomic E-state index is 12.6. The molecule has 4 heteroatoms. The van der Waals surface area contributed by atoms with Gasteiger partial charge in [-0.1, -0.05) is 36.8 Å². The van der Waals surface area contributed by atoms with Gasteiger partial charge in [0, 0.05) is 38.5 Å². The zero-order chi connectivity index (χ0) is 16.4. The lowest BCUT2D eigenvalue weighted by molar-refractivity contribution is -0.137. The molecular formula is C19H26N2O2. The van der Waals surface area contributed by atoms with Gasteiger partial charge in [-0.25, -0.2) is 0 Å². The predicted molar refractivity (Wildman–Crippen MR) is 89.8 cm³/mol. The van der Waals surface area contributed by atoms with Gasteiger partial charge in [-0.15, -0.1) is 0 Å². The molecule has 4 nitrogen and oxygen atoms in total. The van der Waals surface area contributed by atoms with Gasteiger partial charge in [-0.2, -0.15) is 0 Å². The summed E-state index contributed by atoms with van der Waals surface area (Å²) in [6.07, 6.45) is 4.58. The SMILES string of the molecule is CN(C)C(=O)[C@H]1CCC[C@]12CCN(C(=O)Cc1ccccc1)C2. The third-order valence-electron chi connectivity index (χ3n) is 5.58. The van der Waals surface area contributed by atoms with Crippen LogP contribution >= 0.6 is 0 Å². The Morgan fingerprint density at radius 2 is 1.96 bits per heavy atom. The summed E-state index contributed by atoms with van der Waals surface area (Å²) >= 11 is 0. The summed E-state index contributed by atoms with van der Waals surface area (Å²) in [7, 11) is 3.67. The van der Waals surface area contributed by atoms with Crippen LogP contribution in [0.15, 0.2) is 30.3 Å².